The normalized spacial score (nSPS) is 27.9. The first-order chi connectivity index (χ1) is 15.7. The van der Waals surface area contributed by atoms with Gasteiger partial charge in [0.25, 0.3) is 0 Å². The number of rotatable bonds is 7. The summed E-state index contributed by atoms with van der Waals surface area (Å²) >= 11 is 0. The van der Waals surface area contributed by atoms with E-state index in [0.717, 1.165) is 50.3 Å². The number of aromatic nitrogens is 2. The van der Waals surface area contributed by atoms with Crippen molar-refractivity contribution < 1.29 is 9.59 Å². The van der Waals surface area contributed by atoms with E-state index in [-0.39, 0.29) is 23.7 Å². The molecule has 182 valence electrons. The third-order valence-electron chi connectivity index (χ3n) is 8.01. The summed E-state index contributed by atoms with van der Waals surface area (Å²) < 4.78 is 0. The topological polar surface area (TPSA) is 69.6 Å². The lowest BCUT2D eigenvalue weighted by molar-refractivity contribution is -0.137. The van der Waals surface area contributed by atoms with Gasteiger partial charge in [-0.3, -0.25) is 14.5 Å². The standard InChI is InChI=1S/C26H41N5O2/c1-17(2)24(32)20-6-8-21(9-7-20)25(33)29(5)14-19-12-27-26(28-13-19)31-22-10-11-23(31)16-30(15-22)18(3)4/h12-13,17-18,20-23H,6-11,14-16H2,1-5H3. The van der Waals surface area contributed by atoms with E-state index in [1.54, 1.807) is 4.90 Å². The number of fused-ring (bicyclic) bond motifs is 2. The molecule has 2 atom stereocenters. The van der Waals surface area contributed by atoms with Gasteiger partial charge >= 0.3 is 0 Å². The third kappa shape index (κ3) is 5.23. The molecule has 7 nitrogen and oxygen atoms in total. The number of amides is 1. The molecule has 1 saturated carbocycles. The highest BCUT2D eigenvalue weighted by atomic mass is 16.2. The zero-order valence-corrected chi connectivity index (χ0v) is 21.0. The van der Waals surface area contributed by atoms with Crippen molar-refractivity contribution in [3.63, 3.8) is 0 Å². The van der Waals surface area contributed by atoms with Crippen LogP contribution in [0.2, 0.25) is 0 Å². The van der Waals surface area contributed by atoms with Gasteiger partial charge in [-0.2, -0.15) is 0 Å². The van der Waals surface area contributed by atoms with E-state index in [9.17, 15) is 9.59 Å². The molecule has 1 aromatic rings. The fraction of sp³-hybridized carbons (Fsp3) is 0.769. The molecule has 3 fully saturated rings. The van der Waals surface area contributed by atoms with E-state index >= 15 is 0 Å². The molecule has 0 aromatic carbocycles. The highest BCUT2D eigenvalue weighted by Gasteiger charge is 2.41. The van der Waals surface area contributed by atoms with Gasteiger partial charge in [0.1, 0.15) is 5.78 Å². The summed E-state index contributed by atoms with van der Waals surface area (Å²) in [6.07, 6.45) is 9.50. The first-order valence-corrected chi connectivity index (χ1v) is 12.9. The number of ketones is 1. The minimum Gasteiger partial charge on any atom is -0.341 e. The Hall–Kier alpha value is -2.02. The Morgan fingerprint density at radius 1 is 0.939 bits per heavy atom. The molecule has 0 radical (unpaired) electrons. The summed E-state index contributed by atoms with van der Waals surface area (Å²) in [6.45, 7) is 11.2. The zero-order chi connectivity index (χ0) is 23.7. The average Bonchev–Trinajstić information content (AvgIpc) is 3.07. The summed E-state index contributed by atoms with van der Waals surface area (Å²) in [5, 5.41) is 0. The zero-order valence-electron chi connectivity index (χ0n) is 21.0. The van der Waals surface area contributed by atoms with Gasteiger partial charge < -0.3 is 9.80 Å². The van der Waals surface area contributed by atoms with Crippen LogP contribution < -0.4 is 4.90 Å². The van der Waals surface area contributed by atoms with Crippen molar-refractivity contribution in [1.29, 1.82) is 0 Å². The Kier molecular flexibility index (Phi) is 7.37. The number of hydrogen-bond acceptors (Lipinski definition) is 6. The molecule has 2 unspecified atom stereocenters. The monoisotopic (exact) mass is 455 g/mol. The Morgan fingerprint density at radius 3 is 2.00 bits per heavy atom. The first kappa shape index (κ1) is 24.1. The quantitative estimate of drug-likeness (QED) is 0.627. The average molecular weight is 456 g/mol. The molecule has 1 aromatic heterocycles. The maximum absolute atomic E-state index is 13.0. The van der Waals surface area contributed by atoms with Crippen LogP contribution in [0.3, 0.4) is 0 Å². The number of Topliss-reactive ketones (excluding diaryl/α,β-unsaturated/α-hetero) is 1. The summed E-state index contributed by atoms with van der Waals surface area (Å²) in [6, 6.07) is 1.58. The number of anilines is 1. The first-order valence-electron chi connectivity index (χ1n) is 12.9. The molecule has 33 heavy (non-hydrogen) atoms. The van der Waals surface area contributed by atoms with E-state index < -0.39 is 0 Å². The minimum atomic E-state index is 0.0271. The van der Waals surface area contributed by atoms with Gasteiger partial charge in [-0.1, -0.05) is 13.8 Å². The molecule has 0 spiro atoms. The van der Waals surface area contributed by atoms with Crippen LogP contribution in [-0.2, 0) is 16.1 Å². The number of nitrogens with zero attached hydrogens (tertiary/aromatic N) is 5. The Labute approximate surface area is 198 Å². The number of hydrogen-bond donors (Lipinski definition) is 0. The smallest absolute Gasteiger partial charge is 0.225 e. The second-order valence-electron chi connectivity index (χ2n) is 11.0. The lowest BCUT2D eigenvalue weighted by Gasteiger charge is -2.42. The molecule has 3 heterocycles. The van der Waals surface area contributed by atoms with Crippen molar-refractivity contribution in [1.82, 2.24) is 19.8 Å². The largest absolute Gasteiger partial charge is 0.341 e. The molecule has 4 rings (SSSR count). The van der Waals surface area contributed by atoms with Crippen molar-refractivity contribution in [2.45, 2.75) is 90.9 Å². The van der Waals surface area contributed by atoms with Crippen LogP contribution in [0.4, 0.5) is 5.95 Å². The van der Waals surface area contributed by atoms with Gasteiger partial charge in [0.15, 0.2) is 0 Å². The van der Waals surface area contributed by atoms with Gasteiger partial charge in [-0.15, -0.1) is 0 Å². The van der Waals surface area contributed by atoms with Crippen LogP contribution in [0.5, 0.6) is 0 Å². The highest BCUT2D eigenvalue weighted by molar-refractivity contribution is 5.83. The van der Waals surface area contributed by atoms with Crippen molar-refractivity contribution in [2.75, 3.05) is 25.0 Å². The maximum atomic E-state index is 13.0. The van der Waals surface area contributed by atoms with E-state index in [4.69, 9.17) is 9.97 Å². The molecular formula is C26H41N5O2. The summed E-state index contributed by atoms with van der Waals surface area (Å²) in [7, 11) is 1.87. The number of carbonyl (C=O) groups is 2. The molecule has 1 aliphatic carbocycles. The number of carbonyl (C=O) groups excluding carboxylic acids is 2. The molecule has 2 saturated heterocycles. The van der Waals surface area contributed by atoms with Crippen LogP contribution in [-0.4, -0.2) is 69.7 Å². The summed E-state index contributed by atoms with van der Waals surface area (Å²) in [5.41, 5.74) is 0.964. The van der Waals surface area contributed by atoms with Crippen LogP contribution in [0.25, 0.3) is 0 Å². The van der Waals surface area contributed by atoms with Gasteiger partial charge in [0, 0.05) is 80.5 Å². The minimum absolute atomic E-state index is 0.0271. The fourth-order valence-corrected chi connectivity index (χ4v) is 6.01. The Bertz CT molecular complexity index is 818. The lowest BCUT2D eigenvalue weighted by Crippen LogP contribution is -2.56. The van der Waals surface area contributed by atoms with Gasteiger partial charge in [0.2, 0.25) is 11.9 Å². The predicted molar refractivity (Wildman–Crippen MR) is 130 cm³/mol. The number of piperazine rings is 1. The van der Waals surface area contributed by atoms with E-state index in [0.29, 0.717) is 30.5 Å². The van der Waals surface area contributed by atoms with E-state index in [1.807, 2.05) is 33.3 Å². The van der Waals surface area contributed by atoms with Crippen LogP contribution in [0.1, 0.15) is 71.8 Å². The van der Waals surface area contributed by atoms with E-state index in [2.05, 4.69) is 23.6 Å². The van der Waals surface area contributed by atoms with Crippen LogP contribution in [0.15, 0.2) is 12.4 Å². The summed E-state index contributed by atoms with van der Waals surface area (Å²) in [5.74, 6) is 1.61. The van der Waals surface area contributed by atoms with Crippen molar-refractivity contribution in [3.05, 3.63) is 18.0 Å². The van der Waals surface area contributed by atoms with Crippen molar-refractivity contribution in [2.24, 2.45) is 17.8 Å². The molecule has 1 amide bonds. The Balaban J connectivity index is 1.30. The predicted octanol–water partition coefficient (Wildman–Crippen LogP) is 3.53. The van der Waals surface area contributed by atoms with Crippen molar-refractivity contribution in [3.8, 4) is 0 Å². The summed E-state index contributed by atoms with van der Waals surface area (Å²) in [4.78, 5) is 41.5. The maximum Gasteiger partial charge on any atom is 0.225 e. The van der Waals surface area contributed by atoms with Gasteiger partial charge in [0.05, 0.1) is 0 Å². The van der Waals surface area contributed by atoms with E-state index in [1.165, 1.54) is 12.8 Å². The fourth-order valence-electron chi connectivity index (χ4n) is 6.01. The molecule has 2 bridgehead atoms. The molecule has 7 heteroatoms. The third-order valence-corrected chi connectivity index (χ3v) is 8.01. The SMILES string of the molecule is CC(C)C(=O)C1CCC(C(=O)N(C)Cc2cnc(N3C4CCC3CN(C(C)C)C4)nc2)CC1. The molecule has 0 N–H and O–H groups in total. The van der Waals surface area contributed by atoms with Crippen LogP contribution >= 0.6 is 0 Å². The molecular weight excluding hydrogens is 414 g/mol. The van der Waals surface area contributed by atoms with Crippen LogP contribution in [0, 0.1) is 17.8 Å². The van der Waals surface area contributed by atoms with Gasteiger partial charge in [-0.25, -0.2) is 9.97 Å². The van der Waals surface area contributed by atoms with Crippen molar-refractivity contribution >= 4 is 17.6 Å². The second kappa shape index (κ2) is 10.1. The molecule has 2 aliphatic heterocycles. The second-order valence-corrected chi connectivity index (χ2v) is 11.0. The highest BCUT2D eigenvalue weighted by Crippen LogP contribution is 2.34. The Morgan fingerprint density at radius 2 is 1.48 bits per heavy atom. The van der Waals surface area contributed by atoms with Gasteiger partial charge in [-0.05, 0) is 52.4 Å². The molecule has 3 aliphatic rings. The lowest BCUT2D eigenvalue weighted by atomic mass is 9.77. The number of likely N-dealkylation sites (tertiary alicyclic amines) is 1.